The van der Waals surface area contributed by atoms with Gasteiger partial charge >= 0.3 is 0 Å². The first-order valence-corrected chi connectivity index (χ1v) is 11.9. The van der Waals surface area contributed by atoms with Crippen LogP contribution in [-0.4, -0.2) is 11.8 Å². The summed E-state index contributed by atoms with van der Waals surface area (Å²) in [6.45, 7) is 3.74. The van der Waals surface area contributed by atoms with Crippen molar-refractivity contribution in [2.45, 2.75) is 116 Å². The van der Waals surface area contributed by atoms with Crippen LogP contribution in [-0.2, 0) is 4.79 Å². The fourth-order valence-corrected chi connectivity index (χ4v) is 4.06. The van der Waals surface area contributed by atoms with Gasteiger partial charge in [0.25, 0.3) is 0 Å². The maximum absolute atomic E-state index is 11.8. The lowest BCUT2D eigenvalue weighted by molar-refractivity contribution is -0.308. The van der Waals surface area contributed by atoms with Gasteiger partial charge in [-0.3, -0.25) is 4.79 Å². The Morgan fingerprint density at radius 3 is 1.66 bits per heavy atom. The first kappa shape index (κ1) is 25.4. The zero-order valence-corrected chi connectivity index (χ0v) is 18.7. The predicted octanol–water partition coefficient (Wildman–Crippen LogP) is 6.59. The molecule has 0 bridgehead atoms. The molecule has 29 heavy (non-hydrogen) atoms. The lowest BCUT2D eigenvalue weighted by atomic mass is 9.88. The van der Waals surface area contributed by atoms with Gasteiger partial charge in [-0.25, -0.2) is 0 Å². The Hall–Kier alpha value is -1.64. The average molecular weight is 402 g/mol. The SMILES string of the molecule is CCCCCCCCCCCCCCCCC(C(=O)[O-])c1ccccc1C(C)=O. The number of hydrogen-bond acceptors (Lipinski definition) is 3. The zero-order chi connectivity index (χ0) is 21.3. The monoisotopic (exact) mass is 401 g/mol. The Balaban J connectivity index is 2.13. The minimum atomic E-state index is -1.08. The smallest absolute Gasteiger partial charge is 0.160 e. The third-order valence-electron chi connectivity index (χ3n) is 5.85. The fourth-order valence-electron chi connectivity index (χ4n) is 4.06. The van der Waals surface area contributed by atoms with E-state index in [4.69, 9.17) is 0 Å². The molecule has 1 aromatic rings. The largest absolute Gasteiger partial charge is 0.549 e. The van der Waals surface area contributed by atoms with Crippen LogP contribution in [0.3, 0.4) is 0 Å². The summed E-state index contributed by atoms with van der Waals surface area (Å²) >= 11 is 0. The van der Waals surface area contributed by atoms with E-state index in [9.17, 15) is 14.7 Å². The second-order valence-corrected chi connectivity index (χ2v) is 8.40. The van der Waals surface area contributed by atoms with Crippen molar-refractivity contribution >= 4 is 11.8 Å². The van der Waals surface area contributed by atoms with Crippen molar-refractivity contribution in [2.75, 3.05) is 0 Å². The Bertz CT molecular complexity index is 579. The van der Waals surface area contributed by atoms with Gasteiger partial charge in [-0.15, -0.1) is 0 Å². The fraction of sp³-hybridized carbons (Fsp3) is 0.692. The van der Waals surface area contributed by atoms with Gasteiger partial charge < -0.3 is 9.90 Å². The summed E-state index contributed by atoms with van der Waals surface area (Å²) in [5.74, 6) is -1.85. The van der Waals surface area contributed by atoms with Crippen molar-refractivity contribution in [2.24, 2.45) is 0 Å². The van der Waals surface area contributed by atoms with Gasteiger partial charge in [0.05, 0.1) is 0 Å². The van der Waals surface area contributed by atoms with Gasteiger partial charge in [0.15, 0.2) is 5.78 Å². The Morgan fingerprint density at radius 1 is 0.759 bits per heavy atom. The molecule has 0 fully saturated rings. The van der Waals surface area contributed by atoms with Gasteiger partial charge in [0.1, 0.15) is 0 Å². The molecule has 0 spiro atoms. The van der Waals surface area contributed by atoms with Crippen molar-refractivity contribution in [1.29, 1.82) is 0 Å². The van der Waals surface area contributed by atoms with E-state index in [-0.39, 0.29) is 5.78 Å². The van der Waals surface area contributed by atoms with Crippen LogP contribution in [0.5, 0.6) is 0 Å². The number of aliphatic carboxylic acids is 1. The molecule has 0 aromatic heterocycles. The summed E-state index contributed by atoms with van der Waals surface area (Å²) in [5, 5.41) is 11.6. The second-order valence-electron chi connectivity index (χ2n) is 8.40. The summed E-state index contributed by atoms with van der Waals surface area (Å²) in [4.78, 5) is 23.4. The first-order chi connectivity index (χ1) is 14.1. The van der Waals surface area contributed by atoms with Crippen LogP contribution in [0, 0.1) is 0 Å². The van der Waals surface area contributed by atoms with E-state index in [2.05, 4.69) is 6.92 Å². The van der Waals surface area contributed by atoms with Crippen LogP contribution < -0.4 is 5.11 Å². The lowest BCUT2D eigenvalue weighted by Crippen LogP contribution is -2.30. The van der Waals surface area contributed by atoms with Crippen molar-refractivity contribution < 1.29 is 14.7 Å². The van der Waals surface area contributed by atoms with Crippen molar-refractivity contribution in [1.82, 2.24) is 0 Å². The summed E-state index contributed by atoms with van der Waals surface area (Å²) in [5.41, 5.74) is 1.11. The number of unbranched alkanes of at least 4 members (excludes halogenated alkanes) is 13. The van der Waals surface area contributed by atoms with Crippen molar-refractivity contribution in [3.63, 3.8) is 0 Å². The molecular weight excluding hydrogens is 360 g/mol. The highest BCUT2D eigenvalue weighted by atomic mass is 16.4. The zero-order valence-electron chi connectivity index (χ0n) is 18.7. The topological polar surface area (TPSA) is 57.2 Å². The van der Waals surface area contributed by atoms with E-state index in [1.165, 1.54) is 77.6 Å². The molecule has 0 aliphatic carbocycles. The predicted molar refractivity (Wildman–Crippen MR) is 119 cm³/mol. The molecule has 0 aliphatic rings. The number of Topliss-reactive ketones (excluding diaryl/α,β-unsaturated/α-hetero) is 1. The summed E-state index contributed by atoms with van der Waals surface area (Å²) < 4.78 is 0. The molecule has 3 heteroatoms. The summed E-state index contributed by atoms with van der Waals surface area (Å²) in [7, 11) is 0. The molecule has 0 radical (unpaired) electrons. The standard InChI is InChI=1S/C26H42O3/c1-3-4-5-6-7-8-9-10-11-12-13-14-15-16-21-25(26(28)29)24-20-18-17-19-23(24)22(2)27/h17-20,25H,3-16,21H2,1-2H3,(H,28,29)/p-1. The number of carbonyl (C=O) groups is 2. The third kappa shape index (κ3) is 11.2. The van der Waals surface area contributed by atoms with Crippen molar-refractivity contribution in [3.05, 3.63) is 35.4 Å². The molecule has 0 saturated carbocycles. The van der Waals surface area contributed by atoms with Gasteiger partial charge in [0, 0.05) is 17.5 Å². The van der Waals surface area contributed by atoms with E-state index in [1.54, 1.807) is 24.3 Å². The van der Waals surface area contributed by atoms with E-state index in [1.807, 2.05) is 0 Å². The molecule has 1 atom stereocenters. The van der Waals surface area contributed by atoms with Crippen LogP contribution in [0.25, 0.3) is 0 Å². The normalized spacial score (nSPS) is 12.1. The van der Waals surface area contributed by atoms with Gasteiger partial charge in [-0.1, -0.05) is 121 Å². The Kier molecular flexibility index (Phi) is 14.2. The molecular formula is C26H41O3-. The lowest BCUT2D eigenvalue weighted by Gasteiger charge is -2.20. The molecule has 0 aliphatic heterocycles. The maximum atomic E-state index is 11.8. The highest BCUT2D eigenvalue weighted by molar-refractivity contribution is 5.97. The summed E-state index contributed by atoms with van der Waals surface area (Å²) in [6.07, 6.45) is 18.5. The molecule has 3 nitrogen and oxygen atoms in total. The highest BCUT2D eigenvalue weighted by Crippen LogP contribution is 2.26. The highest BCUT2D eigenvalue weighted by Gasteiger charge is 2.18. The number of carboxylic acid groups (broad SMARTS) is 1. The summed E-state index contributed by atoms with van der Waals surface area (Å²) in [6, 6.07) is 7.03. The number of carbonyl (C=O) groups excluding carboxylic acids is 2. The van der Waals surface area contributed by atoms with Crippen LogP contribution in [0.1, 0.15) is 132 Å². The number of hydrogen-bond donors (Lipinski definition) is 0. The van der Waals surface area contributed by atoms with Crippen LogP contribution in [0.4, 0.5) is 0 Å². The second kappa shape index (κ2) is 16.2. The van der Waals surface area contributed by atoms with Crippen LogP contribution in [0.15, 0.2) is 24.3 Å². The van der Waals surface area contributed by atoms with E-state index >= 15 is 0 Å². The third-order valence-corrected chi connectivity index (χ3v) is 5.85. The van der Waals surface area contributed by atoms with Crippen LogP contribution >= 0.6 is 0 Å². The van der Waals surface area contributed by atoms with Gasteiger partial charge in [0.2, 0.25) is 0 Å². The maximum Gasteiger partial charge on any atom is 0.160 e. The molecule has 0 saturated heterocycles. The molecule has 1 rings (SSSR count). The molecule has 164 valence electrons. The molecule has 0 amide bonds. The average Bonchev–Trinajstić information content (AvgIpc) is 2.70. The number of ketones is 1. The number of benzene rings is 1. The number of rotatable bonds is 18. The quantitative estimate of drug-likeness (QED) is 0.206. The van der Waals surface area contributed by atoms with Crippen LogP contribution in [0.2, 0.25) is 0 Å². The molecule has 1 unspecified atom stereocenters. The van der Waals surface area contributed by atoms with Gasteiger partial charge in [-0.2, -0.15) is 0 Å². The molecule has 1 aromatic carbocycles. The first-order valence-electron chi connectivity index (χ1n) is 11.9. The minimum absolute atomic E-state index is 0.0900. The molecule has 0 heterocycles. The molecule has 0 N–H and O–H groups in total. The van der Waals surface area contributed by atoms with E-state index in [0.717, 1.165) is 19.3 Å². The van der Waals surface area contributed by atoms with Gasteiger partial charge in [-0.05, 0) is 18.9 Å². The minimum Gasteiger partial charge on any atom is -0.549 e. The Labute approximate surface area is 178 Å². The van der Waals surface area contributed by atoms with Crippen molar-refractivity contribution in [3.8, 4) is 0 Å². The van der Waals surface area contributed by atoms with E-state index in [0.29, 0.717) is 17.5 Å². The van der Waals surface area contributed by atoms with E-state index < -0.39 is 11.9 Å². The Morgan fingerprint density at radius 2 is 1.21 bits per heavy atom. The number of carboxylic acids is 1.